The van der Waals surface area contributed by atoms with Crippen molar-refractivity contribution in [1.82, 2.24) is 10.3 Å². The molecule has 0 spiro atoms. The molecule has 0 radical (unpaired) electrons. The van der Waals surface area contributed by atoms with Crippen molar-refractivity contribution < 1.29 is 4.74 Å². The summed E-state index contributed by atoms with van der Waals surface area (Å²) in [6, 6.07) is 8.13. The zero-order valence-corrected chi connectivity index (χ0v) is 11.6. The lowest BCUT2D eigenvalue weighted by Crippen LogP contribution is -2.02. The monoisotopic (exact) mass is 262 g/mol. The van der Waals surface area contributed by atoms with Crippen molar-refractivity contribution in [2.45, 2.75) is 19.9 Å². The second-order valence-electron chi connectivity index (χ2n) is 4.03. The highest BCUT2D eigenvalue weighted by Crippen LogP contribution is 2.26. The van der Waals surface area contributed by atoms with Gasteiger partial charge in [-0.15, -0.1) is 11.3 Å². The van der Waals surface area contributed by atoms with Crippen LogP contribution in [0, 0.1) is 0 Å². The second kappa shape index (κ2) is 6.52. The smallest absolute Gasteiger partial charge is 0.123 e. The van der Waals surface area contributed by atoms with Gasteiger partial charge >= 0.3 is 0 Å². The summed E-state index contributed by atoms with van der Waals surface area (Å²) in [6.07, 6.45) is 2.96. The van der Waals surface area contributed by atoms with Crippen LogP contribution < -0.4 is 10.1 Å². The predicted molar refractivity (Wildman–Crippen MR) is 76.1 cm³/mol. The molecular weight excluding hydrogens is 244 g/mol. The standard InChI is InChI=1S/C14H18N2OS/c1-3-8-17-12-6-4-11(5-7-12)14-16-10-13(18-14)9-15-2/h4-7,10,15H,3,8-9H2,1-2H3. The molecule has 4 heteroatoms. The van der Waals surface area contributed by atoms with Crippen LogP contribution in [0.1, 0.15) is 18.2 Å². The van der Waals surface area contributed by atoms with Gasteiger partial charge in [0, 0.05) is 23.2 Å². The summed E-state index contributed by atoms with van der Waals surface area (Å²) < 4.78 is 5.56. The third-order valence-corrected chi connectivity index (χ3v) is 3.53. The Labute approximate surface area is 112 Å². The summed E-state index contributed by atoms with van der Waals surface area (Å²) in [7, 11) is 1.94. The summed E-state index contributed by atoms with van der Waals surface area (Å²) in [5, 5.41) is 4.19. The normalized spacial score (nSPS) is 10.6. The molecule has 0 saturated heterocycles. The van der Waals surface area contributed by atoms with E-state index in [9.17, 15) is 0 Å². The number of nitrogens with one attached hydrogen (secondary N) is 1. The first-order valence-corrected chi connectivity index (χ1v) is 6.97. The van der Waals surface area contributed by atoms with E-state index in [4.69, 9.17) is 4.74 Å². The third kappa shape index (κ3) is 3.31. The van der Waals surface area contributed by atoms with Crippen LogP contribution in [0.25, 0.3) is 10.6 Å². The quantitative estimate of drug-likeness (QED) is 0.867. The highest BCUT2D eigenvalue weighted by atomic mass is 32.1. The van der Waals surface area contributed by atoms with Gasteiger partial charge in [-0.3, -0.25) is 0 Å². The third-order valence-electron chi connectivity index (χ3n) is 2.48. The first-order chi connectivity index (χ1) is 8.83. The average Bonchev–Trinajstić information content (AvgIpc) is 2.86. The van der Waals surface area contributed by atoms with E-state index < -0.39 is 0 Å². The topological polar surface area (TPSA) is 34.1 Å². The van der Waals surface area contributed by atoms with Crippen molar-refractivity contribution in [2.75, 3.05) is 13.7 Å². The fraction of sp³-hybridized carbons (Fsp3) is 0.357. The Balaban J connectivity index is 2.07. The highest BCUT2D eigenvalue weighted by molar-refractivity contribution is 7.15. The first kappa shape index (κ1) is 13.1. The van der Waals surface area contributed by atoms with Crippen molar-refractivity contribution in [1.29, 1.82) is 0 Å². The SMILES string of the molecule is CCCOc1ccc(-c2ncc(CNC)s2)cc1. The number of hydrogen-bond donors (Lipinski definition) is 1. The number of rotatable bonds is 6. The summed E-state index contributed by atoms with van der Waals surface area (Å²) in [4.78, 5) is 5.68. The minimum Gasteiger partial charge on any atom is -0.494 e. The van der Waals surface area contributed by atoms with Crippen LogP contribution in [0.15, 0.2) is 30.5 Å². The lowest BCUT2D eigenvalue weighted by atomic mass is 10.2. The van der Waals surface area contributed by atoms with Crippen LogP contribution in [-0.4, -0.2) is 18.6 Å². The number of thiazole rings is 1. The Bertz CT molecular complexity index is 479. The lowest BCUT2D eigenvalue weighted by Gasteiger charge is -2.04. The van der Waals surface area contributed by atoms with E-state index in [1.54, 1.807) is 11.3 Å². The molecule has 96 valence electrons. The zero-order valence-electron chi connectivity index (χ0n) is 10.8. The van der Waals surface area contributed by atoms with E-state index in [-0.39, 0.29) is 0 Å². The van der Waals surface area contributed by atoms with Crippen molar-refractivity contribution >= 4 is 11.3 Å². The Kier molecular flexibility index (Phi) is 4.73. The van der Waals surface area contributed by atoms with Gasteiger partial charge in [0.15, 0.2) is 0 Å². The Morgan fingerprint density at radius 2 is 2.06 bits per heavy atom. The molecule has 0 fully saturated rings. The summed E-state index contributed by atoms with van der Waals surface area (Å²) in [5.41, 5.74) is 1.14. The number of aromatic nitrogens is 1. The van der Waals surface area contributed by atoms with E-state index in [1.165, 1.54) is 4.88 Å². The summed E-state index contributed by atoms with van der Waals surface area (Å²) in [5.74, 6) is 0.924. The lowest BCUT2D eigenvalue weighted by molar-refractivity contribution is 0.317. The van der Waals surface area contributed by atoms with Gasteiger partial charge < -0.3 is 10.1 Å². The van der Waals surface area contributed by atoms with Gasteiger partial charge in [-0.2, -0.15) is 0 Å². The van der Waals surface area contributed by atoms with Gasteiger partial charge in [0.05, 0.1) is 6.61 Å². The van der Waals surface area contributed by atoms with Gasteiger partial charge in [-0.25, -0.2) is 4.98 Å². The van der Waals surface area contributed by atoms with E-state index in [1.807, 2.05) is 25.4 Å². The van der Waals surface area contributed by atoms with Crippen molar-refractivity contribution in [3.8, 4) is 16.3 Å². The molecule has 18 heavy (non-hydrogen) atoms. The van der Waals surface area contributed by atoms with Crippen LogP contribution in [-0.2, 0) is 6.54 Å². The maximum Gasteiger partial charge on any atom is 0.123 e. The Hall–Kier alpha value is -1.39. The predicted octanol–water partition coefficient (Wildman–Crippen LogP) is 3.32. The van der Waals surface area contributed by atoms with Crippen molar-refractivity contribution in [3.05, 3.63) is 35.3 Å². The van der Waals surface area contributed by atoms with E-state index in [0.717, 1.165) is 35.9 Å². The number of ether oxygens (including phenoxy) is 1. The van der Waals surface area contributed by atoms with Crippen LogP contribution in [0.5, 0.6) is 5.75 Å². The average molecular weight is 262 g/mol. The van der Waals surface area contributed by atoms with E-state index in [2.05, 4.69) is 29.4 Å². The molecular formula is C14H18N2OS. The summed E-state index contributed by atoms with van der Waals surface area (Å²) >= 11 is 1.72. The van der Waals surface area contributed by atoms with Gasteiger partial charge in [0.2, 0.25) is 0 Å². The van der Waals surface area contributed by atoms with E-state index in [0.29, 0.717) is 0 Å². The zero-order chi connectivity index (χ0) is 12.8. The molecule has 2 rings (SSSR count). The molecule has 0 bridgehead atoms. The van der Waals surface area contributed by atoms with Gasteiger partial charge in [0.25, 0.3) is 0 Å². The molecule has 0 unspecified atom stereocenters. The summed E-state index contributed by atoms with van der Waals surface area (Å²) in [6.45, 7) is 3.74. The molecule has 1 heterocycles. The molecule has 3 nitrogen and oxygen atoms in total. The highest BCUT2D eigenvalue weighted by Gasteiger charge is 2.04. The van der Waals surface area contributed by atoms with Crippen LogP contribution in [0.3, 0.4) is 0 Å². The molecule has 1 aromatic carbocycles. The molecule has 0 saturated carbocycles. The van der Waals surface area contributed by atoms with Crippen molar-refractivity contribution in [2.24, 2.45) is 0 Å². The molecule has 0 atom stereocenters. The molecule has 1 N–H and O–H groups in total. The van der Waals surface area contributed by atoms with Crippen LogP contribution in [0.4, 0.5) is 0 Å². The van der Waals surface area contributed by atoms with Gasteiger partial charge in [0.1, 0.15) is 10.8 Å². The molecule has 0 aliphatic rings. The molecule has 1 aromatic heterocycles. The first-order valence-electron chi connectivity index (χ1n) is 6.16. The molecule has 0 aliphatic heterocycles. The number of hydrogen-bond acceptors (Lipinski definition) is 4. The number of benzene rings is 1. The van der Waals surface area contributed by atoms with Crippen molar-refractivity contribution in [3.63, 3.8) is 0 Å². The largest absolute Gasteiger partial charge is 0.494 e. The fourth-order valence-electron chi connectivity index (χ4n) is 1.61. The van der Waals surface area contributed by atoms with Gasteiger partial charge in [-0.1, -0.05) is 6.92 Å². The molecule has 0 aliphatic carbocycles. The van der Waals surface area contributed by atoms with E-state index >= 15 is 0 Å². The molecule has 0 amide bonds. The Morgan fingerprint density at radius 3 is 2.72 bits per heavy atom. The molecule has 2 aromatic rings. The van der Waals surface area contributed by atoms with Crippen LogP contribution in [0.2, 0.25) is 0 Å². The van der Waals surface area contributed by atoms with Gasteiger partial charge in [-0.05, 0) is 37.7 Å². The maximum atomic E-state index is 5.56. The fourth-order valence-corrected chi connectivity index (χ4v) is 2.54. The second-order valence-corrected chi connectivity index (χ2v) is 5.15. The minimum absolute atomic E-state index is 0.767. The minimum atomic E-state index is 0.767. The number of nitrogens with zero attached hydrogens (tertiary/aromatic N) is 1. The Morgan fingerprint density at radius 1 is 1.28 bits per heavy atom. The van der Waals surface area contributed by atoms with Crippen LogP contribution >= 0.6 is 11.3 Å². The maximum absolute atomic E-state index is 5.56.